The van der Waals surface area contributed by atoms with Crippen molar-refractivity contribution in [2.45, 2.75) is 38.3 Å². The number of likely N-dealkylation sites (N-methyl/N-ethyl adjacent to an activating group) is 1. The van der Waals surface area contributed by atoms with Gasteiger partial charge >= 0.3 is 0 Å². The second kappa shape index (κ2) is 10.5. The predicted octanol–water partition coefficient (Wildman–Crippen LogP) is 5.34. The molecular weight excluding hydrogens is 513 g/mol. The highest BCUT2D eigenvalue weighted by Gasteiger charge is 2.28. The van der Waals surface area contributed by atoms with Crippen LogP contribution in [-0.2, 0) is 5.54 Å². The lowest BCUT2D eigenvalue weighted by atomic mass is 10.00. The zero-order valence-electron chi connectivity index (χ0n) is 22.6. The summed E-state index contributed by atoms with van der Waals surface area (Å²) >= 11 is 1.40. The first-order chi connectivity index (χ1) is 18.6. The van der Waals surface area contributed by atoms with Crippen molar-refractivity contribution in [2.75, 3.05) is 33.8 Å². The van der Waals surface area contributed by atoms with Gasteiger partial charge in [-0.05, 0) is 82.2 Å². The Labute approximate surface area is 231 Å². The standard InChI is InChI=1S/C30H32FN5O2S/c1-30(2,18-37)36-16-22-12-20(9-10-26(22)33-36)28-24(19-7-8-21(15-32)25(31)13-19)14-27(39-28)29(38)35-11-5-6-23(17-35)34(3)4/h7-10,12-14,16,23,37H,5-6,11,17-18H2,1-4H3/t23-/m1/s1. The average Bonchev–Trinajstić information content (AvgIpc) is 3.57. The third-order valence-electron chi connectivity index (χ3n) is 7.53. The van der Waals surface area contributed by atoms with Gasteiger partial charge < -0.3 is 14.9 Å². The van der Waals surface area contributed by atoms with Gasteiger partial charge in [0.2, 0.25) is 0 Å². The van der Waals surface area contributed by atoms with E-state index in [9.17, 15) is 19.6 Å². The van der Waals surface area contributed by atoms with Gasteiger partial charge in [-0.2, -0.15) is 10.4 Å². The Morgan fingerprint density at radius 2 is 2.00 bits per heavy atom. The second-order valence-electron chi connectivity index (χ2n) is 11.0. The predicted molar refractivity (Wildman–Crippen MR) is 152 cm³/mol. The molecule has 0 aliphatic carbocycles. The van der Waals surface area contributed by atoms with Gasteiger partial charge in [0.15, 0.2) is 0 Å². The maximum absolute atomic E-state index is 14.7. The summed E-state index contributed by atoms with van der Waals surface area (Å²) in [6.07, 6.45) is 3.92. The van der Waals surface area contributed by atoms with E-state index < -0.39 is 11.4 Å². The van der Waals surface area contributed by atoms with E-state index >= 15 is 0 Å². The van der Waals surface area contributed by atoms with Gasteiger partial charge in [0, 0.05) is 41.2 Å². The molecule has 5 rings (SSSR count). The summed E-state index contributed by atoms with van der Waals surface area (Å²) in [5.41, 5.74) is 2.47. The number of aromatic nitrogens is 2. The molecule has 2 aromatic carbocycles. The molecule has 0 bridgehead atoms. The van der Waals surface area contributed by atoms with Gasteiger partial charge in [0.05, 0.1) is 28.1 Å². The van der Waals surface area contributed by atoms with Gasteiger partial charge in [-0.15, -0.1) is 11.3 Å². The smallest absolute Gasteiger partial charge is 0.264 e. The average molecular weight is 546 g/mol. The molecule has 1 N–H and O–H groups in total. The van der Waals surface area contributed by atoms with E-state index in [1.807, 2.05) is 69.4 Å². The van der Waals surface area contributed by atoms with Crippen molar-refractivity contribution >= 4 is 28.1 Å². The molecule has 2 aromatic heterocycles. The number of likely N-dealkylation sites (tertiary alicyclic amines) is 1. The van der Waals surface area contributed by atoms with E-state index in [2.05, 4.69) is 10.00 Å². The number of carbonyl (C=O) groups excluding carboxylic acids is 1. The lowest BCUT2D eigenvalue weighted by Gasteiger charge is -2.35. The fourth-order valence-electron chi connectivity index (χ4n) is 4.96. The van der Waals surface area contributed by atoms with E-state index in [1.165, 1.54) is 23.5 Å². The van der Waals surface area contributed by atoms with Crippen LogP contribution in [0, 0.1) is 17.1 Å². The maximum atomic E-state index is 14.7. The molecule has 0 unspecified atom stereocenters. The highest BCUT2D eigenvalue weighted by Crippen LogP contribution is 2.41. The summed E-state index contributed by atoms with van der Waals surface area (Å²) < 4.78 is 16.4. The minimum Gasteiger partial charge on any atom is -0.394 e. The Hall–Kier alpha value is -3.58. The lowest BCUT2D eigenvalue weighted by molar-refractivity contribution is 0.0640. The van der Waals surface area contributed by atoms with Crippen molar-refractivity contribution in [1.29, 1.82) is 5.26 Å². The molecule has 9 heteroatoms. The summed E-state index contributed by atoms with van der Waals surface area (Å²) in [5, 5.41) is 24.5. The number of carbonyl (C=O) groups is 1. The van der Waals surface area contributed by atoms with Crippen molar-refractivity contribution in [3.05, 3.63) is 64.9 Å². The quantitative estimate of drug-likeness (QED) is 0.354. The largest absolute Gasteiger partial charge is 0.394 e. The zero-order chi connectivity index (χ0) is 27.9. The van der Waals surface area contributed by atoms with Crippen LogP contribution in [0.3, 0.4) is 0 Å². The topological polar surface area (TPSA) is 85.4 Å². The summed E-state index contributed by atoms with van der Waals surface area (Å²) in [5.74, 6) is -0.611. The molecule has 202 valence electrons. The summed E-state index contributed by atoms with van der Waals surface area (Å²) in [6.45, 7) is 5.16. The van der Waals surface area contributed by atoms with E-state index in [1.54, 1.807) is 10.7 Å². The van der Waals surface area contributed by atoms with Crippen LogP contribution in [0.15, 0.2) is 48.7 Å². The fourth-order valence-corrected chi connectivity index (χ4v) is 6.11. The Morgan fingerprint density at radius 3 is 2.69 bits per heavy atom. The van der Waals surface area contributed by atoms with Gasteiger partial charge in [-0.1, -0.05) is 12.1 Å². The van der Waals surface area contributed by atoms with Crippen LogP contribution in [0.1, 0.15) is 41.9 Å². The maximum Gasteiger partial charge on any atom is 0.264 e. The molecule has 4 aromatic rings. The van der Waals surface area contributed by atoms with Crippen molar-refractivity contribution in [2.24, 2.45) is 0 Å². The number of benzene rings is 2. The number of nitriles is 1. The molecule has 1 aliphatic heterocycles. The van der Waals surface area contributed by atoms with Crippen LogP contribution in [-0.4, -0.2) is 70.4 Å². The normalized spacial score (nSPS) is 16.2. The van der Waals surface area contributed by atoms with Gasteiger partial charge in [0.25, 0.3) is 5.91 Å². The summed E-state index contributed by atoms with van der Waals surface area (Å²) in [4.78, 5) is 19.2. The van der Waals surface area contributed by atoms with E-state index in [4.69, 9.17) is 0 Å². The van der Waals surface area contributed by atoms with Gasteiger partial charge in [0.1, 0.15) is 11.9 Å². The van der Waals surface area contributed by atoms with Crippen molar-refractivity contribution in [3.8, 4) is 27.6 Å². The highest BCUT2D eigenvalue weighted by atomic mass is 32.1. The zero-order valence-corrected chi connectivity index (χ0v) is 23.4. The Kier molecular flexibility index (Phi) is 7.29. The minimum atomic E-state index is -0.590. The first-order valence-electron chi connectivity index (χ1n) is 13.0. The van der Waals surface area contributed by atoms with Crippen LogP contribution >= 0.6 is 11.3 Å². The number of nitrogens with zero attached hydrogens (tertiary/aromatic N) is 5. The molecule has 0 spiro atoms. The molecule has 0 saturated carbocycles. The molecule has 7 nitrogen and oxygen atoms in total. The number of hydrogen-bond donors (Lipinski definition) is 1. The number of thiophene rings is 1. The van der Waals surface area contributed by atoms with E-state index in [-0.39, 0.29) is 18.1 Å². The Morgan fingerprint density at radius 1 is 1.23 bits per heavy atom. The molecule has 1 amide bonds. The molecule has 1 atom stereocenters. The number of aliphatic hydroxyl groups is 1. The van der Waals surface area contributed by atoms with Crippen LogP contribution in [0.5, 0.6) is 0 Å². The number of rotatable bonds is 6. The highest BCUT2D eigenvalue weighted by molar-refractivity contribution is 7.18. The third-order valence-corrected chi connectivity index (χ3v) is 8.70. The number of hydrogen-bond acceptors (Lipinski definition) is 6. The number of aliphatic hydroxyl groups excluding tert-OH is 1. The Bertz CT molecular complexity index is 1580. The number of fused-ring (bicyclic) bond motifs is 1. The minimum absolute atomic E-state index is 0.0183. The van der Waals surface area contributed by atoms with Gasteiger partial charge in [-0.25, -0.2) is 4.39 Å². The second-order valence-corrected chi connectivity index (χ2v) is 12.0. The molecule has 1 saturated heterocycles. The number of amides is 1. The third kappa shape index (κ3) is 5.20. The van der Waals surface area contributed by atoms with Crippen LogP contribution in [0.2, 0.25) is 0 Å². The monoisotopic (exact) mass is 545 g/mol. The van der Waals surface area contributed by atoms with Crippen LogP contribution in [0.25, 0.3) is 32.5 Å². The first kappa shape index (κ1) is 27.0. The molecular formula is C30H32FN5O2S. The van der Waals surface area contributed by atoms with Crippen molar-refractivity contribution < 1.29 is 14.3 Å². The summed E-state index contributed by atoms with van der Waals surface area (Å²) in [7, 11) is 4.08. The molecule has 1 aliphatic rings. The lowest BCUT2D eigenvalue weighted by Crippen LogP contribution is -2.47. The fraction of sp³-hybridized carbons (Fsp3) is 0.367. The van der Waals surface area contributed by atoms with E-state index in [0.717, 1.165) is 39.7 Å². The molecule has 1 fully saturated rings. The molecule has 39 heavy (non-hydrogen) atoms. The van der Waals surface area contributed by atoms with Crippen molar-refractivity contribution in [3.63, 3.8) is 0 Å². The van der Waals surface area contributed by atoms with Crippen LogP contribution in [0.4, 0.5) is 4.39 Å². The molecule has 0 radical (unpaired) electrons. The molecule has 3 heterocycles. The SMILES string of the molecule is CN(C)[C@@H]1CCCN(C(=O)c2cc(-c3ccc(C#N)c(F)c3)c(-c3ccc4nn(C(C)(C)CO)cc4c3)s2)C1. The van der Waals surface area contributed by atoms with Gasteiger partial charge in [-0.3, -0.25) is 9.48 Å². The number of piperidine rings is 1. The van der Waals surface area contributed by atoms with Crippen molar-refractivity contribution in [1.82, 2.24) is 19.6 Å². The van der Waals surface area contributed by atoms with Crippen LogP contribution < -0.4 is 0 Å². The Balaban J connectivity index is 1.60. The number of halogens is 1. The summed E-state index contributed by atoms with van der Waals surface area (Å²) in [6, 6.07) is 14.5. The van der Waals surface area contributed by atoms with E-state index in [0.29, 0.717) is 29.6 Å². The first-order valence-corrected chi connectivity index (χ1v) is 13.8.